The minimum Gasteiger partial charge on any atom is -0.756 e. The zero-order chi connectivity index (χ0) is 26.6. The lowest BCUT2D eigenvalue weighted by atomic mass is 9.95. The van der Waals surface area contributed by atoms with E-state index in [0.717, 1.165) is 0 Å². The van der Waals surface area contributed by atoms with Crippen LogP contribution >= 0.6 is 7.82 Å². The molecule has 6 atom stereocenters. The van der Waals surface area contributed by atoms with Gasteiger partial charge in [0.25, 0.3) is 7.82 Å². The van der Waals surface area contributed by atoms with Crippen LogP contribution in [0.4, 0.5) is 0 Å². The zero-order valence-corrected chi connectivity index (χ0v) is 21.6. The number of carbonyl (C=O) groups is 2. The van der Waals surface area contributed by atoms with E-state index < -0.39 is 56.9 Å². The summed E-state index contributed by atoms with van der Waals surface area (Å²) in [5.74, 6) is -0.840. The van der Waals surface area contributed by atoms with E-state index in [0.29, 0.717) is 6.42 Å². The molecule has 15 heteroatoms. The Morgan fingerprint density at radius 1 is 1.00 bits per heavy atom. The number of ether oxygens (including phenoxy) is 2. The lowest BCUT2D eigenvalue weighted by Crippen LogP contribution is -2.68. The molecular formula is C20H40N3O11P. The van der Waals surface area contributed by atoms with Crippen LogP contribution in [0.2, 0.25) is 0 Å². The van der Waals surface area contributed by atoms with E-state index in [1.165, 1.54) is 0 Å². The predicted octanol–water partition coefficient (Wildman–Crippen LogP) is -2.56. The van der Waals surface area contributed by atoms with E-state index in [-0.39, 0.29) is 50.2 Å². The third-order valence-electron chi connectivity index (χ3n) is 5.16. The lowest BCUT2D eigenvalue weighted by molar-refractivity contribution is -0.910. The van der Waals surface area contributed by atoms with Crippen molar-refractivity contribution >= 4 is 19.6 Å². The molecule has 14 nitrogen and oxygen atoms in total. The van der Waals surface area contributed by atoms with Crippen molar-refractivity contribution in [3.8, 4) is 0 Å². The second-order valence-corrected chi connectivity index (χ2v) is 10.4. The maximum Gasteiger partial charge on any atom is 0.267 e. The second kappa shape index (κ2) is 15.2. The van der Waals surface area contributed by atoms with Crippen LogP contribution < -0.4 is 15.5 Å². The van der Waals surface area contributed by atoms with Crippen molar-refractivity contribution in [2.24, 2.45) is 0 Å². The van der Waals surface area contributed by atoms with Crippen molar-refractivity contribution in [1.29, 1.82) is 0 Å². The number of phosphoric acid groups is 1. The van der Waals surface area contributed by atoms with Gasteiger partial charge in [0.15, 0.2) is 6.04 Å². The summed E-state index contributed by atoms with van der Waals surface area (Å²) in [5, 5.41) is 35.0. The van der Waals surface area contributed by atoms with Crippen LogP contribution in [0, 0.1) is 0 Å². The Morgan fingerprint density at radius 2 is 1.54 bits per heavy atom. The molecule has 2 amide bonds. The molecule has 1 rings (SSSR count). The summed E-state index contributed by atoms with van der Waals surface area (Å²) in [6, 6.07) is -0.634. The molecule has 0 aliphatic carbocycles. The first kappa shape index (κ1) is 31.8. The van der Waals surface area contributed by atoms with Gasteiger partial charge in [-0.25, -0.2) is 0 Å². The summed E-state index contributed by atoms with van der Waals surface area (Å²) < 4.78 is 32.0. The van der Waals surface area contributed by atoms with Gasteiger partial charge in [-0.05, 0) is 6.42 Å². The van der Waals surface area contributed by atoms with Crippen molar-refractivity contribution < 1.29 is 57.4 Å². The number of amides is 2. The van der Waals surface area contributed by atoms with Crippen molar-refractivity contribution in [2.75, 3.05) is 60.7 Å². The Hall–Kier alpha value is -1.19. The van der Waals surface area contributed by atoms with E-state index in [9.17, 15) is 34.4 Å². The number of nitrogens with one attached hydrogen (secondary N) is 2. The number of carbonyl (C=O) groups excluding carboxylic acids is 2. The van der Waals surface area contributed by atoms with Gasteiger partial charge in [0.1, 0.15) is 18.3 Å². The average Bonchev–Trinajstić information content (AvgIpc) is 2.78. The summed E-state index contributed by atoms with van der Waals surface area (Å²) in [7, 11) is 1.03. The first-order valence-electron chi connectivity index (χ1n) is 11.5. The van der Waals surface area contributed by atoms with Crippen molar-refractivity contribution in [2.45, 2.75) is 56.8 Å². The van der Waals surface area contributed by atoms with Gasteiger partial charge in [-0.1, -0.05) is 6.92 Å². The molecule has 35 heavy (non-hydrogen) atoms. The zero-order valence-electron chi connectivity index (χ0n) is 20.8. The highest BCUT2D eigenvalue weighted by atomic mass is 31.2. The molecule has 1 saturated heterocycles. The first-order valence-corrected chi connectivity index (χ1v) is 13.0. The summed E-state index contributed by atoms with van der Waals surface area (Å²) in [4.78, 5) is 35.1. The summed E-state index contributed by atoms with van der Waals surface area (Å²) in [6.45, 7) is 1.09. The maximum atomic E-state index is 12.0. The molecule has 0 radical (unpaired) electrons. The van der Waals surface area contributed by atoms with Gasteiger partial charge in [-0.3, -0.25) is 14.2 Å². The smallest absolute Gasteiger partial charge is 0.267 e. The van der Waals surface area contributed by atoms with Crippen LogP contribution in [-0.2, 0) is 32.7 Å². The monoisotopic (exact) mass is 529 g/mol. The van der Waals surface area contributed by atoms with Crippen molar-refractivity contribution in [3.05, 3.63) is 0 Å². The van der Waals surface area contributed by atoms with Crippen LogP contribution in [0.15, 0.2) is 0 Å². The number of aliphatic hydroxyl groups is 3. The molecule has 206 valence electrons. The number of likely N-dealkylation sites (N-methyl/N-ethyl adjacent to an activating group) is 1. The van der Waals surface area contributed by atoms with Gasteiger partial charge >= 0.3 is 0 Å². The van der Waals surface area contributed by atoms with Crippen LogP contribution in [-0.4, -0.2) is 123 Å². The largest absolute Gasteiger partial charge is 0.756 e. The molecule has 0 saturated carbocycles. The molecule has 0 aromatic carbocycles. The third kappa shape index (κ3) is 11.6. The number of hydrogen-bond acceptors (Lipinski definition) is 11. The number of quaternary nitrogens is 1. The minimum absolute atomic E-state index is 0.0195. The minimum atomic E-state index is -4.38. The highest BCUT2D eigenvalue weighted by Gasteiger charge is 2.51. The van der Waals surface area contributed by atoms with E-state index in [1.54, 1.807) is 28.1 Å². The second-order valence-electron chi connectivity index (χ2n) is 9.00. The summed E-state index contributed by atoms with van der Waals surface area (Å²) in [5.41, 5.74) is 0. The molecule has 0 aromatic rings. The highest BCUT2D eigenvalue weighted by Crippen LogP contribution is 2.37. The van der Waals surface area contributed by atoms with Crippen LogP contribution in [0.25, 0.3) is 0 Å². The van der Waals surface area contributed by atoms with Gasteiger partial charge in [-0.15, -0.1) is 0 Å². The Labute approximate surface area is 205 Å². The van der Waals surface area contributed by atoms with Gasteiger partial charge in [0.2, 0.25) is 18.1 Å². The lowest BCUT2D eigenvalue weighted by Gasteiger charge is -2.47. The number of rotatable bonds is 16. The third-order valence-corrected chi connectivity index (χ3v) is 6.15. The number of phosphoric ester groups is 1. The molecular weight excluding hydrogens is 489 g/mol. The Kier molecular flexibility index (Phi) is 13.8. The number of hydrogen-bond donors (Lipinski definition) is 5. The average molecular weight is 530 g/mol. The Bertz CT molecular complexity index is 706. The molecule has 1 heterocycles. The van der Waals surface area contributed by atoms with Crippen LogP contribution in [0.5, 0.6) is 0 Å². The molecule has 5 N–H and O–H groups in total. The number of nitrogens with zero attached hydrogens (tertiary/aromatic N) is 1. The van der Waals surface area contributed by atoms with E-state index in [1.807, 2.05) is 0 Å². The fourth-order valence-corrected chi connectivity index (χ4v) is 4.18. The van der Waals surface area contributed by atoms with Gasteiger partial charge < -0.3 is 53.9 Å². The van der Waals surface area contributed by atoms with Crippen molar-refractivity contribution in [3.63, 3.8) is 0 Å². The maximum absolute atomic E-state index is 12.0. The summed E-state index contributed by atoms with van der Waals surface area (Å²) >= 11 is 0. The topological polar surface area (TPSA) is 196 Å². The molecule has 1 aliphatic rings. The van der Waals surface area contributed by atoms with Gasteiger partial charge in [0.05, 0.1) is 47.6 Å². The van der Waals surface area contributed by atoms with E-state index in [4.69, 9.17) is 9.47 Å². The standard InChI is InChI=1S/C20H40N3O11P/c1-5-10-32-35(29,30)33-12-9-22-16(26)7-6-15(25)21-8-11-31-20-17(23(2,3)4)19(28)18(27)14(13-24)34-20/h14,17-20,24,27-28H,5-13H2,1-4H3,(H2-,21,22,25,26,29,30)/t14-,17-,18-,19-,20-/m1/s1. The summed E-state index contributed by atoms with van der Waals surface area (Å²) in [6.07, 6.45) is -4.05. The number of aliphatic hydroxyl groups excluding tert-OH is 3. The molecule has 1 aliphatic heterocycles. The molecule has 0 aromatic heterocycles. The normalized spacial score (nSPS) is 26.7. The van der Waals surface area contributed by atoms with Crippen LogP contribution in [0.3, 0.4) is 0 Å². The molecule has 0 spiro atoms. The predicted molar refractivity (Wildman–Crippen MR) is 121 cm³/mol. The van der Waals surface area contributed by atoms with E-state index >= 15 is 0 Å². The first-order chi connectivity index (χ1) is 16.3. The van der Waals surface area contributed by atoms with Gasteiger partial charge in [0, 0.05) is 25.9 Å². The van der Waals surface area contributed by atoms with E-state index in [2.05, 4.69) is 19.7 Å². The molecule has 0 bridgehead atoms. The Morgan fingerprint density at radius 3 is 2.06 bits per heavy atom. The highest BCUT2D eigenvalue weighted by molar-refractivity contribution is 7.45. The van der Waals surface area contributed by atoms with Crippen molar-refractivity contribution in [1.82, 2.24) is 10.6 Å². The quantitative estimate of drug-likeness (QED) is 0.0801. The Balaban J connectivity index is 2.30. The fourth-order valence-electron chi connectivity index (χ4n) is 3.39. The van der Waals surface area contributed by atoms with Crippen LogP contribution in [0.1, 0.15) is 26.2 Å². The molecule has 1 unspecified atom stereocenters. The SMILES string of the molecule is CCCOP(=O)([O-])OCCNC(=O)CCC(=O)NCCO[C@@H]1O[C@H](CO)[C@@H](O)[C@H](O)[C@H]1[N+](C)(C)C. The molecule has 1 fully saturated rings. The van der Waals surface area contributed by atoms with Gasteiger partial charge in [-0.2, -0.15) is 0 Å². The fraction of sp³-hybridized carbons (Fsp3) is 0.900.